The molecule has 3 rings (SSSR count). The van der Waals surface area contributed by atoms with Gasteiger partial charge in [0.05, 0.1) is 13.2 Å². The van der Waals surface area contributed by atoms with Gasteiger partial charge in [0.1, 0.15) is 5.75 Å². The van der Waals surface area contributed by atoms with Gasteiger partial charge in [0.2, 0.25) is 5.60 Å². The SMILES string of the molecule is COc1ccc2c(c1)[C@@](O)(C(F)(F)F)[C@@H](CCc1ccccc1)N2C. The lowest BCUT2D eigenvalue weighted by Crippen LogP contribution is -2.53. The van der Waals surface area contributed by atoms with Crippen molar-refractivity contribution in [3.8, 4) is 5.75 Å². The van der Waals surface area contributed by atoms with Crippen LogP contribution in [0.4, 0.5) is 18.9 Å². The van der Waals surface area contributed by atoms with Gasteiger partial charge in [-0.3, -0.25) is 0 Å². The fourth-order valence-corrected chi connectivity index (χ4v) is 3.57. The highest BCUT2D eigenvalue weighted by Gasteiger charge is 2.65. The molecule has 0 fully saturated rings. The molecule has 0 unspecified atom stereocenters. The van der Waals surface area contributed by atoms with Crippen LogP contribution in [0.15, 0.2) is 48.5 Å². The Hall–Kier alpha value is -2.21. The van der Waals surface area contributed by atoms with E-state index in [9.17, 15) is 18.3 Å². The molecule has 6 heteroatoms. The molecular formula is C19H20F3NO2. The number of aliphatic hydroxyl groups is 1. The maximum atomic E-state index is 13.9. The van der Waals surface area contributed by atoms with E-state index in [1.54, 1.807) is 19.2 Å². The standard InChI is InChI=1S/C19H20F3NO2/c1-23-16-10-9-14(25-2)12-15(16)18(24,19(20,21)22)17(23)11-8-13-6-4-3-5-7-13/h3-7,9-10,12,17,24H,8,11H2,1-2H3/t17-,18+/m1/s1. The van der Waals surface area contributed by atoms with Crippen molar-refractivity contribution >= 4 is 5.69 Å². The Labute approximate surface area is 144 Å². The number of likely N-dealkylation sites (N-methyl/N-ethyl adjacent to an activating group) is 1. The summed E-state index contributed by atoms with van der Waals surface area (Å²) in [5.41, 5.74) is -1.77. The number of nitrogens with zero attached hydrogens (tertiary/aromatic N) is 1. The number of methoxy groups -OCH3 is 1. The van der Waals surface area contributed by atoms with E-state index in [0.717, 1.165) is 5.56 Å². The van der Waals surface area contributed by atoms with Crippen LogP contribution in [-0.2, 0) is 12.0 Å². The second-order valence-electron chi connectivity index (χ2n) is 6.30. The monoisotopic (exact) mass is 351 g/mol. The molecule has 0 saturated heterocycles. The van der Waals surface area contributed by atoms with E-state index in [2.05, 4.69) is 0 Å². The van der Waals surface area contributed by atoms with E-state index >= 15 is 0 Å². The van der Waals surface area contributed by atoms with Gasteiger partial charge in [-0.15, -0.1) is 0 Å². The molecule has 2 aromatic carbocycles. The minimum absolute atomic E-state index is 0.153. The Kier molecular flexibility index (Phi) is 4.41. The van der Waals surface area contributed by atoms with Crippen LogP contribution in [0, 0.1) is 0 Å². The molecule has 1 heterocycles. The number of alkyl halides is 3. The topological polar surface area (TPSA) is 32.7 Å². The summed E-state index contributed by atoms with van der Waals surface area (Å²) in [7, 11) is 2.98. The highest BCUT2D eigenvalue weighted by Crippen LogP contribution is 2.53. The highest BCUT2D eigenvalue weighted by atomic mass is 19.4. The highest BCUT2D eigenvalue weighted by molar-refractivity contribution is 5.65. The van der Waals surface area contributed by atoms with E-state index in [0.29, 0.717) is 17.9 Å². The van der Waals surface area contributed by atoms with Crippen molar-refractivity contribution in [2.24, 2.45) is 0 Å². The smallest absolute Gasteiger partial charge is 0.423 e. The van der Waals surface area contributed by atoms with Gasteiger partial charge in [0.15, 0.2) is 0 Å². The van der Waals surface area contributed by atoms with Gasteiger partial charge in [-0.2, -0.15) is 13.2 Å². The molecule has 0 radical (unpaired) electrons. The number of hydrogen-bond acceptors (Lipinski definition) is 3. The molecule has 2 aromatic rings. The third-order valence-corrected chi connectivity index (χ3v) is 4.93. The van der Waals surface area contributed by atoms with Crippen molar-refractivity contribution in [2.45, 2.75) is 30.7 Å². The Morgan fingerprint density at radius 2 is 1.84 bits per heavy atom. The Morgan fingerprint density at radius 1 is 1.16 bits per heavy atom. The van der Waals surface area contributed by atoms with Gasteiger partial charge >= 0.3 is 6.18 Å². The van der Waals surface area contributed by atoms with Gasteiger partial charge in [0, 0.05) is 18.3 Å². The van der Waals surface area contributed by atoms with Gasteiger partial charge in [-0.05, 0) is 36.6 Å². The third-order valence-electron chi connectivity index (χ3n) is 4.93. The van der Waals surface area contributed by atoms with Crippen LogP contribution in [0.25, 0.3) is 0 Å². The van der Waals surface area contributed by atoms with Crippen molar-refractivity contribution in [1.29, 1.82) is 0 Å². The summed E-state index contributed by atoms with van der Waals surface area (Å²) < 4.78 is 46.7. The molecule has 1 N–H and O–H groups in total. The average Bonchev–Trinajstić information content (AvgIpc) is 2.82. The number of benzene rings is 2. The summed E-state index contributed by atoms with van der Waals surface area (Å²) in [6, 6.07) is 12.7. The first-order valence-corrected chi connectivity index (χ1v) is 8.03. The Balaban J connectivity index is 1.99. The molecule has 0 aliphatic carbocycles. The first-order valence-electron chi connectivity index (χ1n) is 8.03. The van der Waals surface area contributed by atoms with Crippen molar-refractivity contribution in [3.63, 3.8) is 0 Å². The average molecular weight is 351 g/mol. The third kappa shape index (κ3) is 2.84. The zero-order valence-electron chi connectivity index (χ0n) is 14.0. The van der Waals surface area contributed by atoms with Gasteiger partial charge < -0.3 is 14.7 Å². The predicted octanol–water partition coefficient (Wildman–Crippen LogP) is 3.90. The zero-order valence-corrected chi connectivity index (χ0v) is 14.0. The quantitative estimate of drug-likeness (QED) is 0.907. The summed E-state index contributed by atoms with van der Waals surface area (Å²) in [5.74, 6) is 0.290. The van der Waals surface area contributed by atoms with Crippen LogP contribution in [-0.4, -0.2) is 31.5 Å². The fourth-order valence-electron chi connectivity index (χ4n) is 3.57. The number of hydrogen-bond donors (Lipinski definition) is 1. The molecule has 0 bridgehead atoms. The number of fused-ring (bicyclic) bond motifs is 1. The van der Waals surface area contributed by atoms with E-state index < -0.39 is 17.8 Å². The lowest BCUT2D eigenvalue weighted by molar-refractivity contribution is -0.271. The molecule has 1 aliphatic rings. The summed E-state index contributed by atoms with van der Waals surface area (Å²) in [5, 5.41) is 10.8. The molecule has 0 aromatic heterocycles. The predicted molar refractivity (Wildman–Crippen MR) is 89.9 cm³/mol. The van der Waals surface area contributed by atoms with Gasteiger partial charge in [0.25, 0.3) is 0 Å². The van der Waals surface area contributed by atoms with Crippen molar-refractivity contribution in [1.82, 2.24) is 0 Å². The molecule has 25 heavy (non-hydrogen) atoms. The number of ether oxygens (including phenoxy) is 1. The van der Waals surface area contributed by atoms with Crippen LogP contribution >= 0.6 is 0 Å². The summed E-state index contributed by atoms with van der Waals surface area (Å²) in [6.45, 7) is 0. The minimum Gasteiger partial charge on any atom is -0.497 e. The van der Waals surface area contributed by atoms with Crippen LogP contribution in [0.3, 0.4) is 0 Å². The van der Waals surface area contributed by atoms with Crippen LogP contribution in [0.5, 0.6) is 5.75 Å². The summed E-state index contributed by atoms with van der Waals surface area (Å²) >= 11 is 0. The molecule has 0 saturated carbocycles. The molecule has 3 nitrogen and oxygen atoms in total. The first kappa shape index (κ1) is 17.6. The van der Waals surface area contributed by atoms with E-state index in [1.807, 2.05) is 30.3 Å². The lowest BCUT2D eigenvalue weighted by Gasteiger charge is -2.35. The number of aryl methyl sites for hydroxylation is 1. The van der Waals surface area contributed by atoms with Gasteiger partial charge in [-0.25, -0.2) is 0 Å². The Morgan fingerprint density at radius 3 is 2.44 bits per heavy atom. The van der Waals surface area contributed by atoms with Gasteiger partial charge in [-0.1, -0.05) is 30.3 Å². The summed E-state index contributed by atoms with van der Waals surface area (Å²) in [6.07, 6.45) is -4.17. The minimum atomic E-state index is -4.79. The molecule has 0 amide bonds. The number of rotatable bonds is 4. The molecule has 0 spiro atoms. The maximum Gasteiger partial charge on any atom is 0.423 e. The van der Waals surface area contributed by atoms with Crippen molar-refractivity contribution < 1.29 is 23.0 Å². The fraction of sp³-hybridized carbons (Fsp3) is 0.368. The van der Waals surface area contributed by atoms with Crippen molar-refractivity contribution in [3.05, 3.63) is 59.7 Å². The lowest BCUT2D eigenvalue weighted by atomic mass is 9.85. The van der Waals surface area contributed by atoms with Crippen LogP contribution in [0.1, 0.15) is 17.5 Å². The molecule has 134 valence electrons. The first-order chi connectivity index (χ1) is 11.8. The second-order valence-corrected chi connectivity index (χ2v) is 6.30. The van der Waals surface area contributed by atoms with Crippen LogP contribution in [0.2, 0.25) is 0 Å². The second kappa shape index (κ2) is 6.26. The van der Waals surface area contributed by atoms with Crippen LogP contribution < -0.4 is 9.64 Å². The zero-order chi connectivity index (χ0) is 18.2. The van der Waals surface area contributed by atoms with E-state index in [4.69, 9.17) is 4.74 Å². The maximum absolute atomic E-state index is 13.9. The van der Waals surface area contributed by atoms with Crippen molar-refractivity contribution in [2.75, 3.05) is 19.1 Å². The number of anilines is 1. The van der Waals surface area contributed by atoms with E-state index in [-0.39, 0.29) is 12.0 Å². The largest absolute Gasteiger partial charge is 0.497 e. The molecule has 1 aliphatic heterocycles. The molecule has 2 atom stereocenters. The number of halogens is 3. The molecular weight excluding hydrogens is 331 g/mol. The normalized spacial score (nSPS) is 22.8. The summed E-state index contributed by atoms with van der Waals surface area (Å²) in [4.78, 5) is 1.52. The van der Waals surface area contributed by atoms with E-state index in [1.165, 1.54) is 18.1 Å². The Bertz CT molecular complexity index is 748.